The number of halogens is 2. The van der Waals surface area contributed by atoms with Gasteiger partial charge >= 0.3 is 0 Å². The fourth-order valence-electron chi connectivity index (χ4n) is 1.70. The normalized spacial score (nSPS) is 10.2. The number of amides is 1. The van der Waals surface area contributed by atoms with Gasteiger partial charge in [-0.05, 0) is 35.7 Å². The molecule has 0 atom stereocenters. The van der Waals surface area contributed by atoms with E-state index in [9.17, 15) is 4.79 Å². The van der Waals surface area contributed by atoms with Crippen LogP contribution in [-0.4, -0.2) is 29.5 Å². The molecule has 5 nitrogen and oxygen atoms in total. The zero-order valence-electron chi connectivity index (χ0n) is 11.3. The fraction of sp³-hybridized carbons (Fsp3) is 0.214. The quantitative estimate of drug-likeness (QED) is 0.678. The summed E-state index contributed by atoms with van der Waals surface area (Å²) >= 11 is 11.4. The predicted molar refractivity (Wildman–Crippen MR) is 81.1 cm³/mol. The number of nitrogens with one attached hydrogen (secondary N) is 1. The van der Waals surface area contributed by atoms with E-state index in [1.165, 1.54) is 6.20 Å². The minimum atomic E-state index is -0.329. The first-order chi connectivity index (χ1) is 10.1. The van der Waals surface area contributed by atoms with Crippen LogP contribution < -0.4 is 10.1 Å². The van der Waals surface area contributed by atoms with E-state index in [1.54, 1.807) is 7.11 Å². The zero-order chi connectivity index (χ0) is 15.2. The summed E-state index contributed by atoms with van der Waals surface area (Å²) in [4.78, 5) is 19.4. The van der Waals surface area contributed by atoms with Crippen LogP contribution in [0, 0.1) is 0 Å². The van der Waals surface area contributed by atoms with Gasteiger partial charge in [0.25, 0.3) is 5.91 Å². The van der Waals surface area contributed by atoms with Crippen LogP contribution in [-0.2, 0) is 6.42 Å². The predicted octanol–water partition coefficient (Wildman–Crippen LogP) is 2.76. The van der Waals surface area contributed by atoms with Gasteiger partial charge in [0.1, 0.15) is 10.9 Å². The highest BCUT2D eigenvalue weighted by Gasteiger charge is 2.12. The van der Waals surface area contributed by atoms with Crippen LogP contribution in [0.25, 0.3) is 0 Å². The number of methoxy groups -OCH3 is 1. The summed E-state index contributed by atoms with van der Waals surface area (Å²) in [5.74, 6) is 0.470. The summed E-state index contributed by atoms with van der Waals surface area (Å²) in [5, 5.41) is 2.81. The van der Waals surface area contributed by atoms with Crippen molar-refractivity contribution in [2.24, 2.45) is 0 Å². The van der Waals surface area contributed by atoms with Crippen molar-refractivity contribution in [2.75, 3.05) is 13.7 Å². The van der Waals surface area contributed by atoms with E-state index in [1.807, 2.05) is 24.3 Å². The van der Waals surface area contributed by atoms with Crippen molar-refractivity contribution < 1.29 is 9.53 Å². The summed E-state index contributed by atoms with van der Waals surface area (Å²) < 4.78 is 5.08. The van der Waals surface area contributed by atoms with E-state index in [4.69, 9.17) is 27.9 Å². The van der Waals surface area contributed by atoms with Gasteiger partial charge in [-0.2, -0.15) is 0 Å². The lowest BCUT2D eigenvalue weighted by Crippen LogP contribution is -2.26. The lowest BCUT2D eigenvalue weighted by Gasteiger charge is -2.07. The molecule has 0 fully saturated rings. The second kappa shape index (κ2) is 7.24. The number of aromatic nitrogens is 2. The minimum absolute atomic E-state index is 0.00906. The third kappa shape index (κ3) is 4.31. The van der Waals surface area contributed by atoms with E-state index in [0.717, 1.165) is 11.3 Å². The number of carbonyl (C=O) groups excluding carboxylic acids is 1. The number of nitrogens with zero attached hydrogens (tertiary/aromatic N) is 2. The third-order valence-electron chi connectivity index (χ3n) is 2.82. The molecule has 0 aliphatic carbocycles. The Morgan fingerprint density at radius 2 is 2.00 bits per heavy atom. The third-order valence-corrected chi connectivity index (χ3v) is 3.29. The number of benzene rings is 1. The van der Waals surface area contributed by atoms with Crippen LogP contribution >= 0.6 is 23.2 Å². The molecule has 110 valence electrons. The molecule has 1 amide bonds. The van der Waals surface area contributed by atoms with Gasteiger partial charge in [0, 0.05) is 12.7 Å². The maximum absolute atomic E-state index is 11.9. The van der Waals surface area contributed by atoms with Crippen molar-refractivity contribution in [3.8, 4) is 5.75 Å². The average molecular weight is 326 g/mol. The summed E-state index contributed by atoms with van der Waals surface area (Å²) in [7, 11) is 1.62. The van der Waals surface area contributed by atoms with Crippen LogP contribution in [0.5, 0.6) is 5.75 Å². The highest BCUT2D eigenvalue weighted by atomic mass is 35.5. The first kappa shape index (κ1) is 15.5. The van der Waals surface area contributed by atoms with Crippen LogP contribution in [0.4, 0.5) is 0 Å². The summed E-state index contributed by atoms with van der Waals surface area (Å²) in [5.41, 5.74) is 1.30. The summed E-state index contributed by atoms with van der Waals surface area (Å²) in [6, 6.07) is 7.65. The second-order valence-electron chi connectivity index (χ2n) is 4.20. The molecule has 2 aromatic rings. The Hall–Kier alpha value is -1.85. The number of ether oxygens (including phenoxy) is 1. The first-order valence-electron chi connectivity index (χ1n) is 6.19. The van der Waals surface area contributed by atoms with Gasteiger partial charge in [0.2, 0.25) is 5.28 Å². The standard InChI is InChI=1S/C14H13Cl2N3O2/c1-21-10-4-2-9(3-5-10)6-7-17-13(20)11-8-18-14(16)19-12(11)15/h2-5,8H,6-7H2,1H3,(H,17,20). The Bertz CT molecular complexity index is 633. The van der Waals surface area contributed by atoms with E-state index in [0.29, 0.717) is 13.0 Å². The number of hydrogen-bond donors (Lipinski definition) is 1. The van der Waals surface area contributed by atoms with E-state index in [-0.39, 0.29) is 21.9 Å². The van der Waals surface area contributed by atoms with Gasteiger partial charge in [-0.1, -0.05) is 23.7 Å². The van der Waals surface area contributed by atoms with Crippen molar-refractivity contribution in [1.29, 1.82) is 0 Å². The lowest BCUT2D eigenvalue weighted by atomic mass is 10.1. The molecule has 1 N–H and O–H groups in total. The van der Waals surface area contributed by atoms with Crippen molar-refractivity contribution >= 4 is 29.1 Å². The smallest absolute Gasteiger partial charge is 0.256 e. The second-order valence-corrected chi connectivity index (χ2v) is 4.89. The molecule has 0 unspecified atom stereocenters. The van der Waals surface area contributed by atoms with E-state index >= 15 is 0 Å². The lowest BCUT2D eigenvalue weighted by molar-refractivity contribution is 0.0953. The van der Waals surface area contributed by atoms with Gasteiger partial charge in [-0.15, -0.1) is 0 Å². The molecule has 0 saturated carbocycles. The molecule has 2 rings (SSSR count). The van der Waals surface area contributed by atoms with Crippen LogP contribution in [0.1, 0.15) is 15.9 Å². The molecule has 0 spiro atoms. The Labute approximate surface area is 132 Å². The molecule has 0 bridgehead atoms. The maximum atomic E-state index is 11.9. The van der Waals surface area contributed by atoms with Gasteiger partial charge in [0.05, 0.1) is 12.7 Å². The van der Waals surface area contributed by atoms with E-state index < -0.39 is 0 Å². The summed E-state index contributed by atoms with van der Waals surface area (Å²) in [6.45, 7) is 0.476. The largest absolute Gasteiger partial charge is 0.497 e. The molecule has 0 aliphatic heterocycles. The Balaban J connectivity index is 1.88. The molecule has 1 aromatic heterocycles. The van der Waals surface area contributed by atoms with Crippen molar-refractivity contribution in [1.82, 2.24) is 15.3 Å². The van der Waals surface area contributed by atoms with Crippen LogP contribution in [0.15, 0.2) is 30.5 Å². The highest BCUT2D eigenvalue weighted by Crippen LogP contribution is 2.14. The van der Waals surface area contributed by atoms with Crippen LogP contribution in [0.2, 0.25) is 10.4 Å². The van der Waals surface area contributed by atoms with Crippen molar-refractivity contribution in [3.05, 3.63) is 52.0 Å². The SMILES string of the molecule is COc1ccc(CCNC(=O)c2cnc(Cl)nc2Cl)cc1. The average Bonchev–Trinajstić information content (AvgIpc) is 2.47. The van der Waals surface area contributed by atoms with Gasteiger partial charge in [-0.25, -0.2) is 9.97 Å². The molecule has 21 heavy (non-hydrogen) atoms. The van der Waals surface area contributed by atoms with Crippen LogP contribution in [0.3, 0.4) is 0 Å². The van der Waals surface area contributed by atoms with E-state index in [2.05, 4.69) is 15.3 Å². The molecule has 7 heteroatoms. The van der Waals surface area contributed by atoms with Crippen molar-refractivity contribution in [2.45, 2.75) is 6.42 Å². The number of carbonyl (C=O) groups is 1. The maximum Gasteiger partial charge on any atom is 0.256 e. The monoisotopic (exact) mass is 325 g/mol. The number of rotatable bonds is 5. The Kier molecular flexibility index (Phi) is 5.36. The topological polar surface area (TPSA) is 64.1 Å². The van der Waals surface area contributed by atoms with Crippen molar-refractivity contribution in [3.63, 3.8) is 0 Å². The Morgan fingerprint density at radius 1 is 1.29 bits per heavy atom. The molecule has 1 aromatic carbocycles. The molecule has 0 aliphatic rings. The highest BCUT2D eigenvalue weighted by molar-refractivity contribution is 6.34. The fourth-order valence-corrected chi connectivity index (χ4v) is 2.09. The molecule has 0 radical (unpaired) electrons. The first-order valence-corrected chi connectivity index (χ1v) is 6.95. The molecular weight excluding hydrogens is 313 g/mol. The molecule has 0 saturated heterocycles. The van der Waals surface area contributed by atoms with Gasteiger partial charge < -0.3 is 10.1 Å². The Morgan fingerprint density at radius 3 is 2.62 bits per heavy atom. The number of hydrogen-bond acceptors (Lipinski definition) is 4. The zero-order valence-corrected chi connectivity index (χ0v) is 12.8. The van der Waals surface area contributed by atoms with Gasteiger partial charge in [-0.3, -0.25) is 4.79 Å². The molecule has 1 heterocycles. The minimum Gasteiger partial charge on any atom is -0.497 e. The molecular formula is C14H13Cl2N3O2. The summed E-state index contributed by atoms with van der Waals surface area (Å²) in [6.07, 6.45) is 2.00. The van der Waals surface area contributed by atoms with Gasteiger partial charge in [0.15, 0.2) is 0 Å².